The lowest BCUT2D eigenvalue weighted by Gasteiger charge is -2.12. The quantitative estimate of drug-likeness (QED) is 0.384. The summed E-state index contributed by atoms with van der Waals surface area (Å²) < 4.78 is 0. The summed E-state index contributed by atoms with van der Waals surface area (Å²) in [6.45, 7) is 4.01. The first kappa shape index (κ1) is 19.4. The van der Waals surface area contributed by atoms with Gasteiger partial charge in [0.25, 0.3) is 5.91 Å². The third kappa shape index (κ3) is 4.12. The number of nitrogens with zero attached hydrogens (tertiary/aromatic N) is 1. The first-order valence-electron chi connectivity index (χ1n) is 9.15. The Bertz CT molecular complexity index is 1230. The van der Waals surface area contributed by atoms with E-state index in [1.165, 1.54) is 0 Å². The molecule has 144 valence electrons. The Morgan fingerprint density at radius 3 is 2.34 bits per heavy atom. The number of halogens is 2. The molecule has 0 unspecified atom stereocenters. The van der Waals surface area contributed by atoms with E-state index in [2.05, 4.69) is 11.4 Å². The molecule has 3 aromatic carbocycles. The number of amides is 1. The van der Waals surface area contributed by atoms with E-state index in [9.17, 15) is 4.79 Å². The predicted molar refractivity (Wildman–Crippen MR) is 121 cm³/mol. The second kappa shape index (κ2) is 7.86. The van der Waals surface area contributed by atoms with E-state index in [-0.39, 0.29) is 5.91 Å². The number of carbonyl (C=O) groups is 1. The monoisotopic (exact) mass is 420 g/mol. The molecule has 0 bridgehead atoms. The van der Waals surface area contributed by atoms with Crippen molar-refractivity contribution in [2.75, 3.05) is 5.32 Å². The number of fused-ring (bicyclic) bond motifs is 1. The summed E-state index contributed by atoms with van der Waals surface area (Å²) in [6.07, 6.45) is 0. The molecule has 5 heteroatoms. The van der Waals surface area contributed by atoms with E-state index >= 15 is 0 Å². The van der Waals surface area contributed by atoms with Gasteiger partial charge in [0.2, 0.25) is 0 Å². The summed E-state index contributed by atoms with van der Waals surface area (Å²) in [7, 11) is 0. The smallest absolute Gasteiger partial charge is 0.256 e. The molecular weight excluding hydrogens is 403 g/mol. The van der Waals surface area contributed by atoms with E-state index < -0.39 is 0 Å². The van der Waals surface area contributed by atoms with Gasteiger partial charge in [-0.25, -0.2) is 4.98 Å². The first-order chi connectivity index (χ1) is 13.9. The van der Waals surface area contributed by atoms with Gasteiger partial charge in [-0.15, -0.1) is 0 Å². The van der Waals surface area contributed by atoms with Crippen molar-refractivity contribution >= 4 is 45.7 Å². The van der Waals surface area contributed by atoms with Gasteiger partial charge in [0.15, 0.2) is 0 Å². The van der Waals surface area contributed by atoms with E-state index in [0.29, 0.717) is 21.3 Å². The normalized spacial score (nSPS) is 10.9. The number of hydrogen-bond acceptors (Lipinski definition) is 2. The molecule has 0 fully saturated rings. The average Bonchev–Trinajstić information content (AvgIpc) is 2.66. The van der Waals surface area contributed by atoms with Crippen LogP contribution in [0.4, 0.5) is 5.69 Å². The number of para-hydroxylation sites is 1. The number of rotatable bonds is 3. The van der Waals surface area contributed by atoms with Crippen LogP contribution < -0.4 is 5.32 Å². The average molecular weight is 421 g/mol. The van der Waals surface area contributed by atoms with Gasteiger partial charge in [-0.3, -0.25) is 4.79 Å². The molecule has 4 rings (SSSR count). The largest absolute Gasteiger partial charge is 0.322 e. The second-order valence-corrected chi connectivity index (χ2v) is 7.87. The van der Waals surface area contributed by atoms with Gasteiger partial charge in [-0.2, -0.15) is 0 Å². The van der Waals surface area contributed by atoms with Crippen LogP contribution in [0.2, 0.25) is 10.0 Å². The van der Waals surface area contributed by atoms with E-state index in [0.717, 1.165) is 33.3 Å². The minimum atomic E-state index is -0.195. The van der Waals surface area contributed by atoms with Crippen LogP contribution in [-0.2, 0) is 0 Å². The summed E-state index contributed by atoms with van der Waals surface area (Å²) in [5, 5.41) is 4.83. The molecule has 0 saturated heterocycles. The Labute approximate surface area is 179 Å². The Hall–Kier alpha value is -2.88. The molecule has 0 radical (unpaired) electrons. The van der Waals surface area contributed by atoms with Gasteiger partial charge >= 0.3 is 0 Å². The van der Waals surface area contributed by atoms with Crippen molar-refractivity contribution in [1.82, 2.24) is 4.98 Å². The second-order valence-electron chi connectivity index (χ2n) is 7.03. The molecule has 3 nitrogen and oxygen atoms in total. The van der Waals surface area contributed by atoms with Gasteiger partial charge in [-0.1, -0.05) is 47.5 Å². The van der Waals surface area contributed by atoms with E-state index in [4.69, 9.17) is 28.2 Å². The van der Waals surface area contributed by atoms with Gasteiger partial charge in [-0.05, 0) is 67.4 Å². The summed E-state index contributed by atoms with van der Waals surface area (Å²) in [6, 6.07) is 20.6. The lowest BCUT2D eigenvalue weighted by Crippen LogP contribution is -2.13. The number of carbonyl (C=O) groups excluding carboxylic acids is 1. The van der Waals surface area contributed by atoms with Gasteiger partial charge < -0.3 is 5.32 Å². The summed E-state index contributed by atoms with van der Waals surface area (Å²) in [5.41, 5.74) is 5.55. The highest BCUT2D eigenvalue weighted by atomic mass is 35.5. The van der Waals surface area contributed by atoms with Gasteiger partial charge in [0, 0.05) is 21.7 Å². The Kier molecular flexibility index (Phi) is 5.27. The molecule has 29 heavy (non-hydrogen) atoms. The van der Waals surface area contributed by atoms with Crippen LogP contribution in [0.15, 0.2) is 66.7 Å². The standard InChI is InChI=1S/C24H18Cl2N2O/c1-14-9-15(2)11-17(10-14)27-24(29)20-13-23(19-8-7-16(25)12-21(19)26)28-22-6-4-3-5-18(20)22/h3-13H,1-2H3,(H,27,29). The molecule has 0 spiro atoms. The number of nitrogens with one attached hydrogen (secondary N) is 1. The van der Waals surface area contributed by atoms with Crippen LogP contribution in [0.3, 0.4) is 0 Å². The summed E-state index contributed by atoms with van der Waals surface area (Å²) >= 11 is 12.4. The van der Waals surface area contributed by atoms with Crippen molar-refractivity contribution in [3.63, 3.8) is 0 Å². The SMILES string of the molecule is Cc1cc(C)cc(NC(=O)c2cc(-c3ccc(Cl)cc3Cl)nc3ccccc23)c1. The molecule has 1 amide bonds. The fourth-order valence-corrected chi connectivity index (χ4v) is 3.95. The number of aromatic nitrogens is 1. The highest BCUT2D eigenvalue weighted by Gasteiger charge is 2.16. The number of hydrogen-bond donors (Lipinski definition) is 1. The maximum Gasteiger partial charge on any atom is 0.256 e. The predicted octanol–water partition coefficient (Wildman–Crippen LogP) is 7.08. The van der Waals surface area contributed by atoms with E-state index in [1.54, 1.807) is 18.2 Å². The highest BCUT2D eigenvalue weighted by molar-refractivity contribution is 6.36. The van der Waals surface area contributed by atoms with Crippen molar-refractivity contribution in [2.24, 2.45) is 0 Å². The molecule has 0 saturated carbocycles. The number of pyridine rings is 1. The van der Waals surface area contributed by atoms with Crippen LogP contribution in [0, 0.1) is 13.8 Å². The Balaban J connectivity index is 1.83. The van der Waals surface area contributed by atoms with Crippen molar-refractivity contribution in [1.29, 1.82) is 0 Å². The van der Waals surface area contributed by atoms with Crippen molar-refractivity contribution in [3.8, 4) is 11.3 Å². The van der Waals surface area contributed by atoms with Gasteiger partial charge in [0.05, 0.1) is 21.8 Å². The Morgan fingerprint density at radius 2 is 1.62 bits per heavy atom. The molecule has 1 N–H and O–H groups in total. The highest BCUT2D eigenvalue weighted by Crippen LogP contribution is 2.32. The summed E-state index contributed by atoms with van der Waals surface area (Å²) in [4.78, 5) is 17.9. The minimum Gasteiger partial charge on any atom is -0.322 e. The first-order valence-corrected chi connectivity index (χ1v) is 9.91. The molecule has 0 aliphatic rings. The Morgan fingerprint density at radius 1 is 0.897 bits per heavy atom. The lowest BCUT2D eigenvalue weighted by atomic mass is 10.0. The summed E-state index contributed by atoms with van der Waals surface area (Å²) in [5.74, 6) is -0.195. The maximum atomic E-state index is 13.2. The molecule has 1 heterocycles. The fraction of sp³-hybridized carbons (Fsp3) is 0.0833. The van der Waals surface area contributed by atoms with Crippen LogP contribution in [0.5, 0.6) is 0 Å². The maximum absolute atomic E-state index is 13.2. The minimum absolute atomic E-state index is 0.195. The zero-order valence-corrected chi connectivity index (χ0v) is 17.5. The molecule has 0 atom stereocenters. The van der Waals surface area contributed by atoms with Gasteiger partial charge in [0.1, 0.15) is 0 Å². The molecule has 1 aromatic heterocycles. The number of benzene rings is 3. The lowest BCUT2D eigenvalue weighted by molar-refractivity contribution is 0.102. The van der Waals surface area contributed by atoms with Crippen molar-refractivity contribution < 1.29 is 4.79 Å². The third-order valence-electron chi connectivity index (χ3n) is 4.65. The third-order valence-corrected chi connectivity index (χ3v) is 5.20. The number of aryl methyl sites for hydroxylation is 2. The van der Waals surface area contributed by atoms with Crippen LogP contribution in [0.25, 0.3) is 22.2 Å². The van der Waals surface area contributed by atoms with Crippen molar-refractivity contribution in [3.05, 3.63) is 93.5 Å². The topological polar surface area (TPSA) is 42.0 Å². The molecule has 4 aromatic rings. The fourth-order valence-electron chi connectivity index (χ4n) is 3.44. The zero-order valence-electron chi connectivity index (χ0n) is 16.0. The van der Waals surface area contributed by atoms with Crippen LogP contribution >= 0.6 is 23.2 Å². The number of anilines is 1. The molecule has 0 aliphatic carbocycles. The van der Waals surface area contributed by atoms with Crippen LogP contribution in [-0.4, -0.2) is 10.9 Å². The van der Waals surface area contributed by atoms with Crippen LogP contribution in [0.1, 0.15) is 21.5 Å². The zero-order chi connectivity index (χ0) is 20.5. The molecular formula is C24H18Cl2N2O. The van der Waals surface area contributed by atoms with E-state index in [1.807, 2.05) is 56.3 Å². The van der Waals surface area contributed by atoms with Crippen molar-refractivity contribution in [2.45, 2.75) is 13.8 Å². The molecule has 0 aliphatic heterocycles.